The molecule has 3 rings (SSSR count). The zero-order chi connectivity index (χ0) is 15.7. The highest BCUT2D eigenvalue weighted by atomic mass is 32.1. The molecule has 0 bridgehead atoms. The van der Waals surface area contributed by atoms with Gasteiger partial charge in [-0.2, -0.15) is 0 Å². The SMILES string of the molecule is CC(C(=O)O)N(C(=O)c1csc(-c2ccccc2)n1)C1CC1. The van der Waals surface area contributed by atoms with Crippen LogP contribution in [0.1, 0.15) is 30.3 Å². The fourth-order valence-corrected chi connectivity index (χ4v) is 3.15. The number of aromatic nitrogens is 1. The smallest absolute Gasteiger partial charge is 0.326 e. The van der Waals surface area contributed by atoms with E-state index in [9.17, 15) is 14.7 Å². The molecule has 1 aliphatic rings. The normalized spacial score (nSPS) is 15.3. The molecule has 0 aliphatic heterocycles. The van der Waals surface area contributed by atoms with Crippen molar-refractivity contribution in [1.29, 1.82) is 0 Å². The Balaban J connectivity index is 1.85. The van der Waals surface area contributed by atoms with Crippen molar-refractivity contribution < 1.29 is 14.7 Å². The Morgan fingerprint density at radius 2 is 2.00 bits per heavy atom. The Hall–Kier alpha value is -2.21. The molecule has 5 nitrogen and oxygen atoms in total. The first-order chi connectivity index (χ1) is 10.6. The number of carboxylic acid groups (broad SMARTS) is 1. The third-order valence-electron chi connectivity index (χ3n) is 3.69. The Morgan fingerprint density at radius 1 is 1.32 bits per heavy atom. The average molecular weight is 316 g/mol. The van der Waals surface area contributed by atoms with Gasteiger partial charge in [-0.1, -0.05) is 30.3 Å². The minimum Gasteiger partial charge on any atom is -0.480 e. The van der Waals surface area contributed by atoms with Crippen molar-refractivity contribution in [3.8, 4) is 10.6 Å². The van der Waals surface area contributed by atoms with Gasteiger partial charge in [-0.05, 0) is 19.8 Å². The Kier molecular flexibility index (Phi) is 3.94. The third kappa shape index (κ3) is 2.87. The lowest BCUT2D eigenvalue weighted by Gasteiger charge is -2.25. The molecule has 1 fully saturated rings. The zero-order valence-corrected chi connectivity index (χ0v) is 12.9. The van der Waals surface area contributed by atoms with Crippen molar-refractivity contribution in [3.63, 3.8) is 0 Å². The summed E-state index contributed by atoms with van der Waals surface area (Å²) in [7, 11) is 0. The number of carboxylic acids is 1. The average Bonchev–Trinajstić information content (AvgIpc) is 3.23. The second kappa shape index (κ2) is 5.88. The van der Waals surface area contributed by atoms with Crippen LogP contribution in [0.25, 0.3) is 10.6 Å². The lowest BCUT2D eigenvalue weighted by molar-refractivity contribution is -0.141. The van der Waals surface area contributed by atoms with E-state index >= 15 is 0 Å². The lowest BCUT2D eigenvalue weighted by Crippen LogP contribution is -2.44. The quantitative estimate of drug-likeness (QED) is 0.921. The van der Waals surface area contributed by atoms with E-state index in [1.807, 2.05) is 30.3 Å². The van der Waals surface area contributed by atoms with Gasteiger partial charge in [0.05, 0.1) is 0 Å². The van der Waals surface area contributed by atoms with Crippen molar-refractivity contribution in [1.82, 2.24) is 9.88 Å². The number of rotatable bonds is 5. The first-order valence-electron chi connectivity index (χ1n) is 7.14. The maximum absolute atomic E-state index is 12.6. The van der Waals surface area contributed by atoms with Crippen LogP contribution < -0.4 is 0 Å². The second-order valence-corrected chi connectivity index (χ2v) is 6.22. The fourth-order valence-electron chi connectivity index (χ4n) is 2.35. The summed E-state index contributed by atoms with van der Waals surface area (Å²) >= 11 is 1.39. The van der Waals surface area contributed by atoms with Crippen molar-refractivity contribution in [3.05, 3.63) is 41.4 Å². The zero-order valence-electron chi connectivity index (χ0n) is 12.1. The van der Waals surface area contributed by atoms with Gasteiger partial charge >= 0.3 is 5.97 Å². The molecule has 0 spiro atoms. The standard InChI is InChI=1S/C16H16N2O3S/c1-10(16(20)21)18(12-7-8-12)15(19)13-9-22-14(17-13)11-5-3-2-4-6-11/h2-6,9-10,12H,7-8H2,1H3,(H,20,21). The maximum atomic E-state index is 12.6. The first kappa shape index (κ1) is 14.7. The molecule has 1 heterocycles. The molecular weight excluding hydrogens is 300 g/mol. The van der Waals surface area contributed by atoms with Gasteiger partial charge < -0.3 is 10.0 Å². The Bertz CT molecular complexity index is 694. The first-order valence-corrected chi connectivity index (χ1v) is 8.02. The van der Waals surface area contributed by atoms with Gasteiger partial charge in [-0.25, -0.2) is 9.78 Å². The van der Waals surface area contributed by atoms with E-state index in [1.165, 1.54) is 16.2 Å². The largest absolute Gasteiger partial charge is 0.480 e. The molecule has 1 aromatic carbocycles. The number of aliphatic carboxylic acids is 1. The molecule has 0 radical (unpaired) electrons. The van der Waals surface area contributed by atoms with E-state index in [1.54, 1.807) is 12.3 Å². The predicted molar refractivity (Wildman–Crippen MR) is 83.8 cm³/mol. The molecule has 22 heavy (non-hydrogen) atoms. The topological polar surface area (TPSA) is 70.5 Å². The highest BCUT2D eigenvalue weighted by molar-refractivity contribution is 7.13. The molecule has 1 amide bonds. The second-order valence-electron chi connectivity index (χ2n) is 5.36. The number of hydrogen-bond acceptors (Lipinski definition) is 4. The van der Waals surface area contributed by atoms with Gasteiger partial charge in [-0.3, -0.25) is 4.79 Å². The van der Waals surface area contributed by atoms with E-state index in [4.69, 9.17) is 0 Å². The summed E-state index contributed by atoms with van der Waals surface area (Å²) < 4.78 is 0. The van der Waals surface area contributed by atoms with Gasteiger partial charge in [-0.15, -0.1) is 11.3 Å². The molecule has 6 heteroatoms. The number of amides is 1. The van der Waals surface area contributed by atoms with Crippen molar-refractivity contribution in [2.24, 2.45) is 0 Å². The summed E-state index contributed by atoms with van der Waals surface area (Å²) in [4.78, 5) is 29.7. The van der Waals surface area contributed by atoms with Crippen molar-refractivity contribution >= 4 is 23.2 Å². The number of hydrogen-bond donors (Lipinski definition) is 1. The lowest BCUT2D eigenvalue weighted by atomic mass is 10.2. The molecule has 0 saturated heterocycles. The molecule has 2 aromatic rings. The molecule has 1 N–H and O–H groups in total. The van der Waals surface area contributed by atoms with E-state index in [2.05, 4.69) is 4.98 Å². The molecule has 1 aromatic heterocycles. The van der Waals surface area contributed by atoms with Gasteiger partial charge in [0.15, 0.2) is 0 Å². The van der Waals surface area contributed by atoms with Crippen LogP contribution in [0.15, 0.2) is 35.7 Å². The number of carbonyl (C=O) groups is 2. The van der Waals surface area contributed by atoms with E-state index < -0.39 is 12.0 Å². The fraction of sp³-hybridized carbons (Fsp3) is 0.312. The van der Waals surface area contributed by atoms with Crippen molar-refractivity contribution in [2.45, 2.75) is 31.8 Å². The Morgan fingerprint density at radius 3 is 2.59 bits per heavy atom. The molecular formula is C16H16N2O3S. The molecule has 1 aliphatic carbocycles. The number of thiazole rings is 1. The summed E-state index contributed by atoms with van der Waals surface area (Å²) in [5.74, 6) is -1.28. The predicted octanol–water partition coefficient (Wildman–Crippen LogP) is 2.89. The summed E-state index contributed by atoms with van der Waals surface area (Å²) in [6, 6.07) is 8.83. The Labute approximate surface area is 132 Å². The minimum atomic E-state index is -0.987. The molecule has 1 saturated carbocycles. The van der Waals surface area contributed by atoms with Gasteiger partial charge in [0.25, 0.3) is 5.91 Å². The van der Waals surface area contributed by atoms with Crippen LogP contribution in [0.2, 0.25) is 0 Å². The highest BCUT2D eigenvalue weighted by Crippen LogP contribution is 2.31. The van der Waals surface area contributed by atoms with Crippen LogP contribution in [-0.2, 0) is 4.79 Å². The summed E-state index contributed by atoms with van der Waals surface area (Å²) in [5, 5.41) is 11.7. The van der Waals surface area contributed by atoms with Gasteiger partial charge in [0.2, 0.25) is 0 Å². The molecule has 1 unspecified atom stereocenters. The third-order valence-corrected chi connectivity index (χ3v) is 4.58. The minimum absolute atomic E-state index is 0.0282. The molecule has 114 valence electrons. The van der Waals surface area contributed by atoms with E-state index in [-0.39, 0.29) is 11.9 Å². The summed E-state index contributed by atoms with van der Waals surface area (Å²) in [6.07, 6.45) is 1.72. The van der Waals surface area contributed by atoms with E-state index in [0.29, 0.717) is 5.69 Å². The van der Waals surface area contributed by atoms with Crippen LogP contribution in [0.3, 0.4) is 0 Å². The summed E-state index contributed by atoms with van der Waals surface area (Å²) in [5.41, 5.74) is 1.28. The summed E-state index contributed by atoms with van der Waals surface area (Å²) in [6.45, 7) is 1.54. The number of carbonyl (C=O) groups excluding carboxylic acids is 1. The highest BCUT2D eigenvalue weighted by Gasteiger charge is 2.39. The van der Waals surface area contributed by atoms with Crippen LogP contribution in [-0.4, -0.2) is 39.0 Å². The van der Waals surface area contributed by atoms with Gasteiger partial charge in [0.1, 0.15) is 16.7 Å². The van der Waals surface area contributed by atoms with E-state index in [0.717, 1.165) is 23.4 Å². The van der Waals surface area contributed by atoms with Crippen molar-refractivity contribution in [2.75, 3.05) is 0 Å². The van der Waals surface area contributed by atoms with Crippen LogP contribution >= 0.6 is 11.3 Å². The van der Waals surface area contributed by atoms with Crippen LogP contribution in [0.4, 0.5) is 0 Å². The monoisotopic (exact) mass is 316 g/mol. The molecule has 1 atom stereocenters. The van der Waals surface area contributed by atoms with Gasteiger partial charge in [0, 0.05) is 17.0 Å². The number of benzene rings is 1. The number of nitrogens with zero attached hydrogens (tertiary/aromatic N) is 2. The maximum Gasteiger partial charge on any atom is 0.326 e. The van der Waals surface area contributed by atoms with Crippen LogP contribution in [0.5, 0.6) is 0 Å². The van der Waals surface area contributed by atoms with Crippen LogP contribution in [0, 0.1) is 0 Å².